The van der Waals surface area contributed by atoms with Crippen molar-refractivity contribution in [3.8, 4) is 11.4 Å². The molecule has 2 atom stereocenters. The second kappa shape index (κ2) is 10.7. The van der Waals surface area contributed by atoms with Crippen LogP contribution in [0.2, 0.25) is 10.0 Å². The summed E-state index contributed by atoms with van der Waals surface area (Å²) in [6.45, 7) is 1.94. The summed E-state index contributed by atoms with van der Waals surface area (Å²) in [5.74, 6) is -3.18. The molecule has 1 aliphatic rings. The van der Waals surface area contributed by atoms with Crippen molar-refractivity contribution in [2.75, 3.05) is 39.6 Å². The molecular formula is C23H27Cl2FN8O3S. The molecule has 0 bridgehead atoms. The van der Waals surface area contributed by atoms with E-state index >= 15 is 4.39 Å². The number of hydrogen-bond acceptors (Lipinski definition) is 9. The zero-order valence-corrected chi connectivity index (χ0v) is 23.6. The number of anilines is 1. The van der Waals surface area contributed by atoms with E-state index in [0.29, 0.717) is 16.5 Å². The predicted octanol–water partition coefficient (Wildman–Crippen LogP) is 3.37. The number of hydrogen-bond donors (Lipinski definition) is 3. The SMILES string of the molecule is Cc1[nH]c(C(=O)N[C@@H]2CCN(c3nc(-c4ccncn4)c(C(=O)O)s3)C(N(C)C)(N(C)C)[C@H]2F)c(Cl)c1Cl. The predicted molar refractivity (Wildman–Crippen MR) is 144 cm³/mol. The minimum Gasteiger partial charge on any atom is -0.477 e. The number of aryl methyl sites for hydroxylation is 1. The molecule has 0 radical (unpaired) electrons. The van der Waals surface area contributed by atoms with Crippen LogP contribution in [0.4, 0.5) is 9.52 Å². The highest BCUT2D eigenvalue weighted by molar-refractivity contribution is 7.17. The second-order valence-corrected chi connectivity index (χ2v) is 11.0. The van der Waals surface area contributed by atoms with Crippen LogP contribution >= 0.6 is 34.5 Å². The molecule has 1 saturated heterocycles. The van der Waals surface area contributed by atoms with Crippen molar-refractivity contribution < 1.29 is 19.1 Å². The lowest BCUT2D eigenvalue weighted by Crippen LogP contribution is -2.77. The van der Waals surface area contributed by atoms with Crippen molar-refractivity contribution >= 4 is 51.5 Å². The lowest BCUT2D eigenvalue weighted by molar-refractivity contribution is -0.0901. The number of nitrogens with zero attached hydrogens (tertiary/aromatic N) is 6. The van der Waals surface area contributed by atoms with Crippen LogP contribution in [-0.4, -0.2) is 99.5 Å². The van der Waals surface area contributed by atoms with Crippen molar-refractivity contribution in [1.82, 2.24) is 35.1 Å². The lowest BCUT2D eigenvalue weighted by atomic mass is 9.93. The number of halogens is 3. The van der Waals surface area contributed by atoms with Gasteiger partial charge in [-0.25, -0.2) is 24.1 Å². The smallest absolute Gasteiger partial charge is 0.348 e. The number of aromatic carboxylic acids is 1. The van der Waals surface area contributed by atoms with E-state index in [4.69, 9.17) is 23.2 Å². The Labute approximate surface area is 232 Å². The Morgan fingerprint density at radius 3 is 2.47 bits per heavy atom. The number of piperidine rings is 1. The highest BCUT2D eigenvalue weighted by atomic mass is 35.5. The van der Waals surface area contributed by atoms with Gasteiger partial charge in [-0.05, 0) is 47.6 Å². The van der Waals surface area contributed by atoms with Crippen LogP contribution in [0.1, 0.15) is 32.3 Å². The molecule has 4 rings (SSSR count). The molecule has 0 aliphatic carbocycles. The Morgan fingerprint density at radius 2 is 1.95 bits per heavy atom. The number of alkyl halides is 1. The number of thiazole rings is 1. The number of aromatic nitrogens is 4. The first kappa shape index (κ1) is 28.2. The van der Waals surface area contributed by atoms with Gasteiger partial charge in [0.25, 0.3) is 5.91 Å². The van der Waals surface area contributed by atoms with Crippen LogP contribution in [-0.2, 0) is 0 Å². The minimum atomic E-state index is -1.66. The van der Waals surface area contributed by atoms with Gasteiger partial charge >= 0.3 is 5.97 Å². The van der Waals surface area contributed by atoms with Crippen LogP contribution in [0, 0.1) is 6.92 Å². The first-order valence-corrected chi connectivity index (χ1v) is 13.1. The van der Waals surface area contributed by atoms with Crippen molar-refractivity contribution in [3.63, 3.8) is 0 Å². The first-order valence-electron chi connectivity index (χ1n) is 11.5. The number of aromatic amines is 1. The van der Waals surface area contributed by atoms with Crippen LogP contribution in [0.3, 0.4) is 0 Å². The van der Waals surface area contributed by atoms with Crippen molar-refractivity contribution in [2.24, 2.45) is 0 Å². The second-order valence-electron chi connectivity index (χ2n) is 9.23. The molecule has 38 heavy (non-hydrogen) atoms. The highest BCUT2D eigenvalue weighted by Crippen LogP contribution is 2.42. The summed E-state index contributed by atoms with van der Waals surface area (Å²) in [6, 6.07) is 0.665. The van der Waals surface area contributed by atoms with Gasteiger partial charge in [-0.1, -0.05) is 34.5 Å². The van der Waals surface area contributed by atoms with E-state index in [9.17, 15) is 14.7 Å². The summed E-state index contributed by atoms with van der Waals surface area (Å²) in [4.78, 5) is 45.7. The van der Waals surface area contributed by atoms with E-state index in [0.717, 1.165) is 11.3 Å². The Bertz CT molecular complexity index is 1340. The maximum Gasteiger partial charge on any atom is 0.348 e. The Hall–Kier alpha value is -2.84. The fourth-order valence-corrected chi connectivity index (χ4v) is 6.30. The molecule has 0 spiro atoms. The number of carbonyl (C=O) groups is 2. The molecule has 204 valence electrons. The number of nitrogens with one attached hydrogen (secondary N) is 2. The molecule has 0 aromatic carbocycles. The first-order chi connectivity index (χ1) is 17.9. The van der Waals surface area contributed by atoms with Crippen molar-refractivity contribution in [2.45, 2.75) is 31.3 Å². The molecule has 0 unspecified atom stereocenters. The fraction of sp³-hybridized carbons (Fsp3) is 0.435. The number of H-pyrrole nitrogens is 1. The van der Waals surface area contributed by atoms with E-state index in [-0.39, 0.29) is 39.3 Å². The maximum atomic E-state index is 16.7. The third-order valence-electron chi connectivity index (χ3n) is 6.56. The summed E-state index contributed by atoms with van der Waals surface area (Å²) < 4.78 is 16.7. The molecule has 4 heterocycles. The molecule has 11 nitrogen and oxygen atoms in total. The molecule has 15 heteroatoms. The molecule has 1 fully saturated rings. The topological polar surface area (TPSA) is 131 Å². The van der Waals surface area contributed by atoms with Gasteiger partial charge in [0, 0.05) is 18.4 Å². The third-order valence-corrected chi connectivity index (χ3v) is 8.58. The lowest BCUT2D eigenvalue weighted by Gasteiger charge is -2.57. The molecule has 3 aromatic heterocycles. The van der Waals surface area contributed by atoms with Gasteiger partial charge in [-0.15, -0.1) is 0 Å². The highest BCUT2D eigenvalue weighted by Gasteiger charge is 2.56. The fourth-order valence-electron chi connectivity index (χ4n) is 4.90. The van der Waals surface area contributed by atoms with Crippen LogP contribution in [0.5, 0.6) is 0 Å². The van der Waals surface area contributed by atoms with Crippen LogP contribution in [0.25, 0.3) is 11.4 Å². The average Bonchev–Trinajstić information content (AvgIpc) is 3.43. The Morgan fingerprint density at radius 1 is 1.26 bits per heavy atom. The Balaban J connectivity index is 1.74. The Kier molecular flexibility index (Phi) is 7.96. The largest absolute Gasteiger partial charge is 0.477 e. The molecule has 1 aliphatic heterocycles. The molecule has 0 saturated carbocycles. The molecular weight excluding hydrogens is 558 g/mol. The van der Waals surface area contributed by atoms with E-state index in [1.807, 2.05) is 0 Å². The third kappa shape index (κ3) is 4.62. The standard InChI is InChI=1S/C23H27Cl2FN8O3S/c1-11-14(24)15(25)17(29-11)20(35)30-13-7-9-34(23(19(13)26,32(2)3)33(4)5)22-31-16(18(38-22)21(36)37)12-6-8-27-10-28-12/h6,8,10,13,19,29H,7,9H2,1-5H3,(H,30,35)(H,36,37)/t13-,19+/m1/s1. The number of rotatable bonds is 7. The van der Waals surface area contributed by atoms with E-state index in [1.54, 1.807) is 55.9 Å². The van der Waals surface area contributed by atoms with Crippen LogP contribution < -0.4 is 10.2 Å². The van der Waals surface area contributed by atoms with Crippen molar-refractivity contribution in [3.05, 3.63) is 44.9 Å². The maximum absolute atomic E-state index is 16.7. The van der Waals surface area contributed by atoms with Gasteiger partial charge in [0.05, 0.1) is 21.8 Å². The molecule has 3 aromatic rings. The summed E-state index contributed by atoms with van der Waals surface area (Å²) >= 11 is 13.3. The van der Waals surface area contributed by atoms with Gasteiger partial charge < -0.3 is 20.3 Å². The van der Waals surface area contributed by atoms with E-state index in [1.165, 1.54) is 12.5 Å². The quantitative estimate of drug-likeness (QED) is 0.358. The number of amides is 1. The normalized spacial score (nSPS) is 19.3. The number of carbonyl (C=O) groups excluding carboxylic acids is 1. The molecule has 1 amide bonds. The number of carboxylic acid groups (broad SMARTS) is 1. The summed E-state index contributed by atoms with van der Waals surface area (Å²) in [6.07, 6.45) is 1.36. The minimum absolute atomic E-state index is 0.0235. The van der Waals surface area contributed by atoms with E-state index < -0.39 is 29.9 Å². The zero-order chi connectivity index (χ0) is 27.9. The zero-order valence-electron chi connectivity index (χ0n) is 21.3. The van der Waals surface area contributed by atoms with Gasteiger partial charge in [0.1, 0.15) is 22.6 Å². The average molecular weight is 585 g/mol. The summed E-state index contributed by atoms with van der Waals surface area (Å²) in [5.41, 5.74) is 1.10. The van der Waals surface area contributed by atoms with E-state index in [2.05, 4.69) is 25.3 Å². The number of carboxylic acids is 1. The van der Waals surface area contributed by atoms with Gasteiger partial charge in [-0.2, -0.15) is 0 Å². The van der Waals surface area contributed by atoms with Crippen molar-refractivity contribution in [1.29, 1.82) is 0 Å². The van der Waals surface area contributed by atoms with Gasteiger partial charge in [-0.3, -0.25) is 14.6 Å². The monoisotopic (exact) mass is 584 g/mol. The van der Waals surface area contributed by atoms with Crippen LogP contribution in [0.15, 0.2) is 18.6 Å². The summed E-state index contributed by atoms with van der Waals surface area (Å²) in [5, 5.41) is 13.3. The summed E-state index contributed by atoms with van der Waals surface area (Å²) in [7, 11) is 6.86. The molecule has 3 N–H and O–H groups in total. The van der Waals surface area contributed by atoms with Gasteiger partial charge in [0.15, 0.2) is 17.1 Å². The van der Waals surface area contributed by atoms with Gasteiger partial charge in [0.2, 0.25) is 0 Å².